The average Bonchev–Trinajstić information content (AvgIpc) is 2.88. The van der Waals surface area contributed by atoms with Crippen LogP contribution >= 0.6 is 36.2 Å². The van der Waals surface area contributed by atoms with Crippen molar-refractivity contribution in [3.8, 4) is 0 Å². The Bertz CT molecular complexity index is 339. The highest BCUT2D eigenvalue weighted by atomic mass is 35.5. The highest BCUT2D eigenvalue weighted by Crippen LogP contribution is 2.28. The van der Waals surface area contributed by atoms with Gasteiger partial charge in [0.1, 0.15) is 5.69 Å². The molecule has 17 heavy (non-hydrogen) atoms. The van der Waals surface area contributed by atoms with Crippen molar-refractivity contribution in [1.29, 1.82) is 0 Å². The molecule has 7 heteroatoms. The summed E-state index contributed by atoms with van der Waals surface area (Å²) in [5.74, 6) is -0.0939. The van der Waals surface area contributed by atoms with Crippen molar-refractivity contribution in [3.63, 3.8) is 0 Å². The van der Waals surface area contributed by atoms with Gasteiger partial charge in [-0.1, -0.05) is 12.8 Å². The molecule has 1 aromatic rings. The van der Waals surface area contributed by atoms with Crippen LogP contribution in [0.15, 0.2) is 10.9 Å². The Morgan fingerprint density at radius 2 is 2.12 bits per heavy atom. The molecule has 1 heterocycles. The number of halogens is 2. The zero-order valence-electron chi connectivity index (χ0n) is 9.35. The molecule has 0 aliphatic heterocycles. The Kier molecular flexibility index (Phi) is 7.01. The number of amides is 1. The minimum absolute atomic E-state index is 0. The van der Waals surface area contributed by atoms with Gasteiger partial charge < -0.3 is 11.1 Å². The normalized spacial score (nSPS) is 16.8. The number of nitrogens with one attached hydrogen (secondary N) is 1. The van der Waals surface area contributed by atoms with Crippen LogP contribution in [-0.4, -0.2) is 23.0 Å². The second-order valence-corrected chi connectivity index (χ2v) is 4.74. The number of nitrogens with two attached hydrogens (primary N) is 1. The third-order valence-corrected chi connectivity index (χ3v) is 3.58. The minimum Gasteiger partial charge on any atom is -0.344 e. The molecule has 0 radical (unpaired) electrons. The first-order valence-corrected chi connectivity index (χ1v) is 6.11. The molecule has 0 aromatic carbocycles. The fourth-order valence-corrected chi connectivity index (χ4v) is 2.59. The van der Waals surface area contributed by atoms with E-state index >= 15 is 0 Å². The van der Waals surface area contributed by atoms with Crippen LogP contribution in [-0.2, 0) is 0 Å². The number of thiazole rings is 1. The summed E-state index contributed by atoms with van der Waals surface area (Å²) in [6.07, 6.45) is 4.27. The van der Waals surface area contributed by atoms with Gasteiger partial charge in [-0.25, -0.2) is 4.98 Å². The van der Waals surface area contributed by atoms with Gasteiger partial charge in [0.2, 0.25) is 0 Å². The maximum Gasteiger partial charge on any atom is 0.271 e. The lowest BCUT2D eigenvalue weighted by molar-refractivity contribution is 0.0898. The van der Waals surface area contributed by atoms with Crippen molar-refractivity contribution in [2.45, 2.75) is 31.2 Å². The van der Waals surface area contributed by atoms with Crippen LogP contribution in [0.2, 0.25) is 0 Å². The van der Waals surface area contributed by atoms with E-state index in [0.29, 0.717) is 12.2 Å². The number of hydrogen-bond acceptors (Lipinski definition) is 4. The second kappa shape index (κ2) is 7.16. The van der Waals surface area contributed by atoms with Crippen molar-refractivity contribution in [3.05, 3.63) is 16.6 Å². The van der Waals surface area contributed by atoms with Crippen molar-refractivity contribution >= 4 is 42.1 Å². The van der Waals surface area contributed by atoms with E-state index in [4.69, 9.17) is 5.73 Å². The molecular weight excluding hydrogens is 281 g/mol. The molecule has 1 saturated carbocycles. The molecule has 1 aliphatic carbocycles. The van der Waals surface area contributed by atoms with Crippen molar-refractivity contribution in [2.24, 2.45) is 5.73 Å². The van der Waals surface area contributed by atoms with Crippen LogP contribution < -0.4 is 11.1 Å². The summed E-state index contributed by atoms with van der Waals surface area (Å²) in [6.45, 7) is 0.517. The Balaban J connectivity index is 0.00000128. The molecule has 0 atom stereocenters. The molecule has 1 amide bonds. The number of aromatic nitrogens is 1. The van der Waals surface area contributed by atoms with E-state index in [0.717, 1.165) is 25.7 Å². The van der Waals surface area contributed by atoms with Crippen LogP contribution in [0.3, 0.4) is 0 Å². The average molecular weight is 298 g/mol. The molecule has 1 aliphatic rings. The molecule has 2 rings (SSSR count). The zero-order valence-corrected chi connectivity index (χ0v) is 11.8. The summed E-state index contributed by atoms with van der Waals surface area (Å²) in [6, 6.07) is 0. The molecule has 1 fully saturated rings. The van der Waals surface area contributed by atoms with Crippen LogP contribution in [0.4, 0.5) is 0 Å². The van der Waals surface area contributed by atoms with Gasteiger partial charge in [0.25, 0.3) is 5.91 Å². The molecule has 4 nitrogen and oxygen atoms in total. The molecule has 98 valence electrons. The smallest absolute Gasteiger partial charge is 0.271 e. The third-order valence-electron chi connectivity index (χ3n) is 3.00. The molecule has 0 saturated heterocycles. The van der Waals surface area contributed by atoms with Crippen LogP contribution in [0.5, 0.6) is 0 Å². The number of rotatable bonds is 3. The van der Waals surface area contributed by atoms with Gasteiger partial charge in [-0.3, -0.25) is 4.79 Å². The maximum absolute atomic E-state index is 11.8. The molecule has 3 N–H and O–H groups in total. The quantitative estimate of drug-likeness (QED) is 0.896. The fourth-order valence-electron chi connectivity index (χ4n) is 2.06. The molecule has 1 aromatic heterocycles. The lowest BCUT2D eigenvalue weighted by Gasteiger charge is -2.28. The van der Waals surface area contributed by atoms with Gasteiger partial charge in [-0.05, 0) is 12.8 Å². The molecule has 0 unspecified atom stereocenters. The number of carbonyl (C=O) groups excluding carboxylic acids is 1. The van der Waals surface area contributed by atoms with Crippen molar-refractivity contribution in [2.75, 3.05) is 6.54 Å². The second-order valence-electron chi connectivity index (χ2n) is 4.02. The summed E-state index contributed by atoms with van der Waals surface area (Å²) >= 11 is 1.43. The monoisotopic (exact) mass is 297 g/mol. The van der Waals surface area contributed by atoms with Gasteiger partial charge in [-0.15, -0.1) is 36.2 Å². The standard InChI is InChI=1S/C10H15N3OS.2ClH/c11-6-10(3-1-2-4-10)13-9(14)8-5-15-7-12-8;;/h5,7H,1-4,6,11H2,(H,13,14);2*1H. The zero-order chi connectivity index (χ0) is 10.7. The predicted molar refractivity (Wildman–Crippen MR) is 74.3 cm³/mol. The molecule has 0 spiro atoms. The van der Waals surface area contributed by atoms with Gasteiger partial charge in [-0.2, -0.15) is 0 Å². The van der Waals surface area contributed by atoms with Gasteiger partial charge in [0.15, 0.2) is 0 Å². The van der Waals surface area contributed by atoms with Gasteiger partial charge >= 0.3 is 0 Å². The Morgan fingerprint density at radius 1 is 1.47 bits per heavy atom. The minimum atomic E-state index is -0.180. The maximum atomic E-state index is 11.8. The summed E-state index contributed by atoms with van der Waals surface area (Å²) < 4.78 is 0. The number of hydrogen-bond donors (Lipinski definition) is 2. The van der Waals surface area contributed by atoms with Gasteiger partial charge in [0, 0.05) is 11.9 Å². The van der Waals surface area contributed by atoms with E-state index in [1.807, 2.05) is 0 Å². The lowest BCUT2D eigenvalue weighted by Crippen LogP contribution is -2.51. The Labute approximate surface area is 117 Å². The summed E-state index contributed by atoms with van der Waals surface area (Å²) in [4.78, 5) is 15.8. The summed E-state index contributed by atoms with van der Waals surface area (Å²) in [5, 5.41) is 4.78. The van der Waals surface area contributed by atoms with Gasteiger partial charge in [0.05, 0.1) is 11.0 Å². The van der Waals surface area contributed by atoms with Crippen molar-refractivity contribution in [1.82, 2.24) is 10.3 Å². The van der Waals surface area contributed by atoms with Crippen LogP contribution in [0.1, 0.15) is 36.2 Å². The topological polar surface area (TPSA) is 68.0 Å². The predicted octanol–water partition coefficient (Wildman–Crippen LogP) is 1.99. The van der Waals surface area contributed by atoms with Crippen LogP contribution in [0, 0.1) is 0 Å². The van der Waals surface area contributed by atoms with Crippen LogP contribution in [0.25, 0.3) is 0 Å². The first kappa shape index (κ1) is 16.6. The highest BCUT2D eigenvalue weighted by Gasteiger charge is 2.34. The first-order chi connectivity index (χ1) is 7.26. The highest BCUT2D eigenvalue weighted by molar-refractivity contribution is 7.07. The van der Waals surface area contributed by atoms with E-state index in [2.05, 4.69) is 10.3 Å². The SMILES string of the molecule is Cl.Cl.NCC1(NC(=O)c2cscn2)CCCC1. The third kappa shape index (κ3) is 3.81. The van der Waals surface area contributed by atoms with E-state index < -0.39 is 0 Å². The largest absolute Gasteiger partial charge is 0.344 e. The van der Waals surface area contributed by atoms with Crippen molar-refractivity contribution < 1.29 is 4.79 Å². The van der Waals surface area contributed by atoms with E-state index in [1.54, 1.807) is 10.9 Å². The first-order valence-electron chi connectivity index (χ1n) is 5.16. The Morgan fingerprint density at radius 3 is 2.59 bits per heavy atom. The summed E-state index contributed by atoms with van der Waals surface area (Å²) in [7, 11) is 0. The van der Waals surface area contributed by atoms with E-state index in [9.17, 15) is 4.79 Å². The summed E-state index contributed by atoms with van der Waals surface area (Å²) in [5.41, 5.74) is 7.72. The van der Waals surface area contributed by atoms with E-state index in [1.165, 1.54) is 11.3 Å². The molecular formula is C10H17Cl2N3OS. The number of nitrogens with zero attached hydrogens (tertiary/aromatic N) is 1. The fraction of sp³-hybridized carbons (Fsp3) is 0.600. The molecule has 0 bridgehead atoms. The number of carbonyl (C=O) groups is 1. The Hall–Kier alpha value is -0.360. The lowest BCUT2D eigenvalue weighted by atomic mass is 9.98. The van der Waals surface area contributed by atoms with E-state index in [-0.39, 0.29) is 36.3 Å².